The molecule has 0 saturated heterocycles. The van der Waals surface area contributed by atoms with Crippen molar-refractivity contribution in [2.24, 2.45) is 0 Å². The third-order valence-corrected chi connectivity index (χ3v) is 5.26. The van der Waals surface area contributed by atoms with E-state index in [-0.39, 0.29) is 17.6 Å². The monoisotopic (exact) mass is 398 g/mol. The topological polar surface area (TPSA) is 74.5 Å². The van der Waals surface area contributed by atoms with E-state index < -0.39 is 6.10 Å². The number of carbonyl (C=O) groups is 1. The molecule has 1 aromatic heterocycles. The molecule has 7 heteroatoms. The van der Waals surface area contributed by atoms with Crippen LogP contribution in [-0.2, 0) is 9.53 Å². The highest BCUT2D eigenvalue weighted by atomic mass is 32.2. The number of rotatable bonds is 7. The SMILES string of the molecule is COc1ccc(-c2nnc([C@@H](C)OC(=O)CSc3ccc(C)cc3C)o2)cc1. The Kier molecular flexibility index (Phi) is 6.36. The third kappa shape index (κ3) is 4.92. The zero-order valence-corrected chi connectivity index (χ0v) is 17.1. The van der Waals surface area contributed by atoms with E-state index in [0.717, 1.165) is 21.8 Å². The molecule has 0 N–H and O–H groups in total. The minimum Gasteiger partial charge on any atom is -0.497 e. The van der Waals surface area contributed by atoms with Crippen molar-refractivity contribution in [2.45, 2.75) is 31.8 Å². The predicted molar refractivity (Wildman–Crippen MR) is 107 cm³/mol. The van der Waals surface area contributed by atoms with E-state index in [1.807, 2.05) is 50.2 Å². The van der Waals surface area contributed by atoms with E-state index in [0.29, 0.717) is 5.89 Å². The van der Waals surface area contributed by atoms with Crippen molar-refractivity contribution >= 4 is 17.7 Å². The van der Waals surface area contributed by atoms with E-state index in [2.05, 4.69) is 16.3 Å². The minimum atomic E-state index is -0.619. The largest absolute Gasteiger partial charge is 0.497 e. The first kappa shape index (κ1) is 19.9. The van der Waals surface area contributed by atoms with Gasteiger partial charge in [-0.1, -0.05) is 17.7 Å². The number of carbonyl (C=O) groups excluding carboxylic acids is 1. The molecule has 0 bridgehead atoms. The molecule has 0 aliphatic carbocycles. The van der Waals surface area contributed by atoms with Gasteiger partial charge in [-0.2, -0.15) is 0 Å². The summed E-state index contributed by atoms with van der Waals surface area (Å²) in [4.78, 5) is 13.2. The fourth-order valence-corrected chi connectivity index (χ4v) is 3.42. The highest BCUT2D eigenvalue weighted by Crippen LogP contribution is 2.26. The number of aryl methyl sites for hydroxylation is 2. The van der Waals surface area contributed by atoms with Gasteiger partial charge in [0.1, 0.15) is 5.75 Å². The van der Waals surface area contributed by atoms with Crippen molar-refractivity contribution in [2.75, 3.05) is 12.9 Å². The number of ether oxygens (including phenoxy) is 2. The maximum atomic E-state index is 12.2. The van der Waals surface area contributed by atoms with Crippen LogP contribution in [0.25, 0.3) is 11.5 Å². The molecular weight excluding hydrogens is 376 g/mol. The van der Waals surface area contributed by atoms with Gasteiger partial charge in [-0.05, 0) is 56.7 Å². The number of nitrogens with zero attached hydrogens (tertiary/aromatic N) is 2. The second-order valence-corrected chi connectivity index (χ2v) is 7.38. The maximum absolute atomic E-state index is 12.2. The number of aromatic nitrogens is 2. The van der Waals surface area contributed by atoms with Gasteiger partial charge in [0.2, 0.25) is 5.89 Å². The van der Waals surface area contributed by atoms with E-state index in [9.17, 15) is 4.79 Å². The molecular formula is C21H22N2O4S. The first-order valence-electron chi connectivity index (χ1n) is 8.83. The van der Waals surface area contributed by atoms with Gasteiger partial charge in [-0.3, -0.25) is 4.79 Å². The fraction of sp³-hybridized carbons (Fsp3) is 0.286. The Balaban J connectivity index is 1.57. The van der Waals surface area contributed by atoms with Crippen LogP contribution in [0.4, 0.5) is 0 Å². The Labute approximate surface area is 168 Å². The molecule has 0 spiro atoms. The van der Waals surface area contributed by atoms with E-state index in [1.165, 1.54) is 17.3 Å². The van der Waals surface area contributed by atoms with Crippen LogP contribution in [0.5, 0.6) is 5.75 Å². The second-order valence-electron chi connectivity index (χ2n) is 6.36. The molecule has 0 aliphatic heterocycles. The van der Waals surface area contributed by atoms with Crippen molar-refractivity contribution < 1.29 is 18.7 Å². The summed E-state index contributed by atoms with van der Waals surface area (Å²) in [6, 6.07) is 13.4. The molecule has 0 radical (unpaired) electrons. The van der Waals surface area contributed by atoms with Gasteiger partial charge in [0.15, 0.2) is 6.10 Å². The lowest BCUT2D eigenvalue weighted by atomic mass is 10.2. The summed E-state index contributed by atoms with van der Waals surface area (Å²) in [5.74, 6) is 1.25. The smallest absolute Gasteiger partial charge is 0.317 e. The highest BCUT2D eigenvalue weighted by molar-refractivity contribution is 8.00. The number of hydrogen-bond donors (Lipinski definition) is 0. The van der Waals surface area contributed by atoms with Crippen LogP contribution in [0.3, 0.4) is 0 Å². The molecule has 0 fully saturated rings. The second kappa shape index (κ2) is 8.93. The van der Waals surface area contributed by atoms with E-state index >= 15 is 0 Å². The normalized spacial score (nSPS) is 11.9. The van der Waals surface area contributed by atoms with Gasteiger partial charge in [0.25, 0.3) is 5.89 Å². The summed E-state index contributed by atoms with van der Waals surface area (Å²) in [5.41, 5.74) is 3.11. The van der Waals surface area contributed by atoms with Gasteiger partial charge in [-0.15, -0.1) is 22.0 Å². The summed E-state index contributed by atoms with van der Waals surface area (Å²) in [6.45, 7) is 5.79. The maximum Gasteiger partial charge on any atom is 0.317 e. The standard InChI is InChI=1S/C21H22N2O4S/c1-13-5-10-18(14(2)11-13)28-12-19(24)26-15(3)20-22-23-21(27-20)16-6-8-17(25-4)9-7-16/h5-11,15H,12H2,1-4H3/t15-/m1/s1. The zero-order chi connectivity index (χ0) is 20.1. The summed E-state index contributed by atoms with van der Waals surface area (Å²) >= 11 is 1.45. The van der Waals surface area contributed by atoms with Crippen LogP contribution >= 0.6 is 11.8 Å². The van der Waals surface area contributed by atoms with Gasteiger partial charge in [0.05, 0.1) is 12.9 Å². The molecule has 146 valence electrons. The summed E-state index contributed by atoms with van der Waals surface area (Å²) in [6.07, 6.45) is -0.619. The van der Waals surface area contributed by atoms with Crippen LogP contribution in [0, 0.1) is 13.8 Å². The number of thioether (sulfide) groups is 1. The van der Waals surface area contributed by atoms with Gasteiger partial charge >= 0.3 is 5.97 Å². The number of benzene rings is 2. The van der Waals surface area contributed by atoms with Gasteiger partial charge in [-0.25, -0.2) is 0 Å². The van der Waals surface area contributed by atoms with Gasteiger partial charge in [0, 0.05) is 10.5 Å². The number of methoxy groups -OCH3 is 1. The Hall–Kier alpha value is -2.80. The Bertz CT molecular complexity index is 953. The minimum absolute atomic E-state index is 0.216. The first-order chi connectivity index (χ1) is 13.5. The number of hydrogen-bond acceptors (Lipinski definition) is 7. The number of esters is 1. The van der Waals surface area contributed by atoms with Crippen molar-refractivity contribution in [3.63, 3.8) is 0 Å². The average molecular weight is 398 g/mol. The quantitative estimate of drug-likeness (QED) is 0.420. The summed E-state index contributed by atoms with van der Waals surface area (Å²) in [7, 11) is 1.61. The van der Waals surface area contributed by atoms with Crippen molar-refractivity contribution in [3.05, 3.63) is 59.5 Å². The Morgan fingerprint density at radius 3 is 2.57 bits per heavy atom. The molecule has 0 unspecified atom stereocenters. The lowest BCUT2D eigenvalue weighted by Crippen LogP contribution is -2.11. The molecule has 3 rings (SSSR count). The lowest BCUT2D eigenvalue weighted by Gasteiger charge is -2.10. The van der Waals surface area contributed by atoms with Crippen LogP contribution in [-0.4, -0.2) is 29.0 Å². The average Bonchev–Trinajstić information content (AvgIpc) is 3.18. The molecule has 1 heterocycles. The highest BCUT2D eigenvalue weighted by Gasteiger charge is 2.19. The lowest BCUT2D eigenvalue weighted by molar-refractivity contribution is -0.146. The molecule has 3 aromatic rings. The molecule has 0 amide bonds. The molecule has 6 nitrogen and oxygen atoms in total. The van der Waals surface area contributed by atoms with Crippen molar-refractivity contribution in [1.29, 1.82) is 0 Å². The summed E-state index contributed by atoms with van der Waals surface area (Å²) in [5, 5.41) is 8.03. The Morgan fingerprint density at radius 1 is 1.14 bits per heavy atom. The van der Waals surface area contributed by atoms with Crippen molar-refractivity contribution in [1.82, 2.24) is 10.2 Å². The molecule has 2 aromatic carbocycles. The summed E-state index contributed by atoms with van der Waals surface area (Å²) < 4.78 is 16.2. The van der Waals surface area contributed by atoms with Crippen LogP contribution in [0.1, 0.15) is 30.0 Å². The van der Waals surface area contributed by atoms with Crippen molar-refractivity contribution in [3.8, 4) is 17.2 Å². The third-order valence-electron chi connectivity index (χ3n) is 4.11. The molecule has 0 aliphatic rings. The molecule has 1 atom stereocenters. The first-order valence-corrected chi connectivity index (χ1v) is 9.82. The molecule has 0 saturated carbocycles. The Morgan fingerprint density at radius 2 is 1.89 bits per heavy atom. The van der Waals surface area contributed by atoms with Crippen LogP contribution in [0.2, 0.25) is 0 Å². The fourth-order valence-electron chi connectivity index (χ4n) is 2.63. The zero-order valence-electron chi connectivity index (χ0n) is 16.3. The van der Waals surface area contributed by atoms with Crippen LogP contribution in [0.15, 0.2) is 51.8 Å². The van der Waals surface area contributed by atoms with E-state index in [1.54, 1.807) is 14.0 Å². The van der Waals surface area contributed by atoms with Crippen LogP contribution < -0.4 is 4.74 Å². The van der Waals surface area contributed by atoms with Gasteiger partial charge < -0.3 is 13.9 Å². The predicted octanol–water partition coefficient (Wildman–Crippen LogP) is 4.76. The molecule has 28 heavy (non-hydrogen) atoms. The van der Waals surface area contributed by atoms with E-state index in [4.69, 9.17) is 13.9 Å².